The number of ether oxygens (including phenoxy) is 2. The van der Waals surface area contributed by atoms with Crippen LogP contribution in [0.5, 0.6) is 5.75 Å². The molecule has 0 saturated carbocycles. The number of methoxy groups -OCH3 is 2. The molecule has 4 rings (SSSR count). The van der Waals surface area contributed by atoms with Crippen LogP contribution in [0.25, 0.3) is 0 Å². The summed E-state index contributed by atoms with van der Waals surface area (Å²) in [5, 5.41) is 1.92. The van der Waals surface area contributed by atoms with Crippen molar-refractivity contribution in [3.05, 3.63) is 78.9 Å². The lowest BCUT2D eigenvalue weighted by Crippen LogP contribution is -2.62. The number of nitrogens with zero attached hydrogens (tertiary/aromatic N) is 2. The second-order valence-electron chi connectivity index (χ2n) is 7.62. The minimum absolute atomic E-state index is 0.230. The average Bonchev–Trinajstić information content (AvgIpc) is 3.00. The summed E-state index contributed by atoms with van der Waals surface area (Å²) < 4.78 is 11.1. The maximum absolute atomic E-state index is 14.1. The molecule has 0 aromatic heterocycles. The minimum Gasteiger partial charge on any atom is -0.494 e. The molecule has 1 fully saturated rings. The molecule has 0 bridgehead atoms. The normalized spacial score (nSPS) is 25.6. The van der Waals surface area contributed by atoms with Gasteiger partial charge in [0, 0.05) is 31.4 Å². The Morgan fingerprint density at radius 2 is 1.55 bits per heavy atom. The molecule has 160 valence electrons. The summed E-state index contributed by atoms with van der Waals surface area (Å²) in [5.74, 6) is 0.248. The number of nitrogen functional groups attached to an aromatic ring is 1. The third-order valence-corrected chi connectivity index (χ3v) is 6.02. The van der Waals surface area contributed by atoms with Crippen molar-refractivity contribution in [3.8, 4) is 5.75 Å². The van der Waals surface area contributed by atoms with Crippen LogP contribution >= 0.6 is 0 Å². The summed E-state index contributed by atoms with van der Waals surface area (Å²) in [6.45, 7) is 1.83. The largest absolute Gasteiger partial charge is 0.494 e. The van der Waals surface area contributed by atoms with Gasteiger partial charge in [-0.05, 0) is 25.1 Å². The number of hydrogen-bond donors (Lipinski definition) is 2. The van der Waals surface area contributed by atoms with Crippen molar-refractivity contribution in [1.82, 2.24) is 4.59 Å². The zero-order chi connectivity index (χ0) is 22.2. The van der Waals surface area contributed by atoms with Crippen molar-refractivity contribution in [2.75, 3.05) is 25.0 Å². The van der Waals surface area contributed by atoms with E-state index in [4.69, 9.17) is 20.9 Å². The van der Waals surface area contributed by atoms with Crippen molar-refractivity contribution < 1.29 is 14.3 Å². The van der Waals surface area contributed by atoms with Crippen LogP contribution in [0.15, 0.2) is 78.9 Å². The van der Waals surface area contributed by atoms with E-state index >= 15 is 0 Å². The fraction of sp³-hybridized carbons (Fsp3) is 0.208. The Labute approximate surface area is 181 Å². The van der Waals surface area contributed by atoms with Gasteiger partial charge in [0.25, 0.3) is 0 Å². The number of amides is 1. The van der Waals surface area contributed by atoms with Gasteiger partial charge in [-0.3, -0.25) is 0 Å². The Morgan fingerprint density at radius 3 is 2.13 bits per heavy atom. The molecule has 7 heteroatoms. The molecular weight excluding hydrogens is 392 g/mol. The fourth-order valence-electron chi connectivity index (χ4n) is 4.35. The first-order valence-electron chi connectivity index (χ1n) is 10.0. The zero-order valence-corrected chi connectivity index (χ0v) is 17.9. The summed E-state index contributed by atoms with van der Waals surface area (Å²) >= 11 is 0. The van der Waals surface area contributed by atoms with E-state index in [9.17, 15) is 4.79 Å². The van der Waals surface area contributed by atoms with E-state index in [1.807, 2.05) is 78.7 Å². The van der Waals surface area contributed by atoms with E-state index in [-0.39, 0.29) is 10.5 Å². The van der Waals surface area contributed by atoms with Gasteiger partial charge in [-0.25, -0.2) is 4.79 Å². The smallest absolute Gasteiger partial charge is 0.370 e. The van der Waals surface area contributed by atoms with Gasteiger partial charge in [0.05, 0.1) is 18.5 Å². The topological polar surface area (TPSA) is 90.8 Å². The quantitative estimate of drug-likeness (QED) is 0.485. The molecule has 1 aliphatic rings. The summed E-state index contributed by atoms with van der Waals surface area (Å²) in [6.07, 6.45) is 0. The summed E-state index contributed by atoms with van der Waals surface area (Å²) in [4.78, 5) is 14.1. The Hall–Kier alpha value is -3.39. The third-order valence-electron chi connectivity index (χ3n) is 6.02. The minimum atomic E-state index is -1.12. The van der Waals surface area contributed by atoms with Gasteiger partial charge in [0.15, 0.2) is 17.4 Å². The standard InChI is InChI=1S/C24H27N4O3/c1-24(31-3)22(26)23(29)28(18-12-8-5-9-13-18,27(24)17-10-6-4-7-11-17)19-14-15-20(25)21(16-19)30-2/h4-16,22H,25-26H2,1-3H3/q+1. The van der Waals surface area contributed by atoms with Gasteiger partial charge in [0.1, 0.15) is 5.75 Å². The molecule has 0 spiro atoms. The first kappa shape index (κ1) is 20.9. The van der Waals surface area contributed by atoms with Crippen molar-refractivity contribution >= 4 is 28.7 Å². The van der Waals surface area contributed by atoms with Crippen LogP contribution in [0.4, 0.5) is 22.7 Å². The van der Waals surface area contributed by atoms with Gasteiger partial charge < -0.3 is 20.9 Å². The number of para-hydroxylation sites is 2. The number of rotatable bonds is 5. The third kappa shape index (κ3) is 2.90. The highest BCUT2D eigenvalue weighted by Crippen LogP contribution is 2.50. The maximum atomic E-state index is 14.1. The van der Waals surface area contributed by atoms with Crippen LogP contribution in [0, 0.1) is 0 Å². The lowest BCUT2D eigenvalue weighted by atomic mass is 10.1. The zero-order valence-electron chi connectivity index (χ0n) is 17.9. The molecule has 1 aliphatic heterocycles. The van der Waals surface area contributed by atoms with E-state index < -0.39 is 11.8 Å². The lowest BCUT2D eigenvalue weighted by molar-refractivity contribution is -0.126. The predicted molar refractivity (Wildman–Crippen MR) is 123 cm³/mol. The van der Waals surface area contributed by atoms with Crippen molar-refractivity contribution in [2.45, 2.75) is 18.7 Å². The molecule has 31 heavy (non-hydrogen) atoms. The molecule has 3 unspecified atom stereocenters. The summed E-state index contributed by atoms with van der Waals surface area (Å²) in [6, 6.07) is 23.6. The predicted octanol–water partition coefficient (Wildman–Crippen LogP) is 3.57. The second kappa shape index (κ2) is 7.70. The summed E-state index contributed by atoms with van der Waals surface area (Å²) in [7, 11) is 3.12. The van der Waals surface area contributed by atoms with Gasteiger partial charge in [-0.15, -0.1) is 0 Å². The van der Waals surface area contributed by atoms with Gasteiger partial charge >= 0.3 is 5.91 Å². The molecular formula is C24H27N4O3+. The van der Waals surface area contributed by atoms with Crippen molar-refractivity contribution in [2.24, 2.45) is 5.73 Å². The number of benzene rings is 3. The molecule has 4 N–H and O–H groups in total. The van der Waals surface area contributed by atoms with E-state index in [1.165, 1.54) is 0 Å². The molecule has 7 nitrogen and oxygen atoms in total. The van der Waals surface area contributed by atoms with Crippen molar-refractivity contribution in [3.63, 3.8) is 0 Å². The second-order valence-corrected chi connectivity index (χ2v) is 7.62. The first-order valence-corrected chi connectivity index (χ1v) is 10.0. The fourth-order valence-corrected chi connectivity index (χ4v) is 4.35. The Morgan fingerprint density at radius 1 is 0.935 bits per heavy atom. The van der Waals surface area contributed by atoms with E-state index in [0.29, 0.717) is 17.1 Å². The highest BCUT2D eigenvalue weighted by atomic mass is 16.5. The van der Waals surface area contributed by atoms with Crippen molar-refractivity contribution in [1.29, 1.82) is 0 Å². The Balaban J connectivity index is 2.13. The monoisotopic (exact) mass is 419 g/mol. The van der Waals surface area contributed by atoms with Crippen LogP contribution in [-0.4, -0.2) is 31.9 Å². The van der Waals surface area contributed by atoms with Gasteiger partial charge in [-0.1, -0.05) is 41.0 Å². The molecule has 3 aromatic carbocycles. The molecule has 3 atom stereocenters. The van der Waals surface area contributed by atoms with Crippen LogP contribution in [0.3, 0.4) is 0 Å². The molecule has 3 aromatic rings. The number of hydrogen-bond acceptors (Lipinski definition) is 6. The Bertz CT molecular complexity index is 1090. The highest BCUT2D eigenvalue weighted by molar-refractivity contribution is 6.05. The number of nitrogens with two attached hydrogens (primary N) is 2. The summed E-state index contributed by atoms with van der Waals surface area (Å²) in [5.41, 5.74) is 14.2. The Kier molecular flexibility index (Phi) is 5.18. The van der Waals surface area contributed by atoms with Crippen LogP contribution in [-0.2, 0) is 9.53 Å². The number of carbonyl (C=O) groups is 1. The SMILES string of the molecule is COc1cc([N+]2(c3ccccc3)C(=O)C(N)C(C)(OC)N2c2ccccc2)ccc1N. The van der Waals surface area contributed by atoms with Gasteiger partial charge in [-0.2, -0.15) is 5.01 Å². The van der Waals surface area contributed by atoms with Crippen LogP contribution in [0.2, 0.25) is 0 Å². The number of carbonyl (C=O) groups excluding carboxylic acids is 1. The van der Waals surface area contributed by atoms with E-state index in [0.717, 1.165) is 11.4 Å². The molecule has 1 amide bonds. The van der Waals surface area contributed by atoms with Crippen LogP contribution in [0.1, 0.15) is 6.92 Å². The number of anilines is 2. The molecule has 1 heterocycles. The van der Waals surface area contributed by atoms with E-state index in [2.05, 4.69) is 0 Å². The first-order chi connectivity index (χ1) is 14.9. The maximum Gasteiger partial charge on any atom is 0.370 e. The lowest BCUT2D eigenvalue weighted by Gasteiger charge is -2.43. The van der Waals surface area contributed by atoms with Crippen LogP contribution < -0.4 is 25.8 Å². The average molecular weight is 420 g/mol. The molecule has 1 saturated heterocycles. The molecule has 0 aliphatic carbocycles. The molecule has 0 radical (unpaired) electrons. The van der Waals surface area contributed by atoms with Gasteiger partial charge in [0.2, 0.25) is 5.72 Å². The van der Waals surface area contributed by atoms with E-state index in [1.54, 1.807) is 26.4 Å². The number of quaternary nitrogens is 1. The highest BCUT2D eigenvalue weighted by Gasteiger charge is 2.69.